The molecule has 5 aliphatic carbocycles. The van der Waals surface area contributed by atoms with Crippen LogP contribution in [0.5, 0.6) is 0 Å². The van der Waals surface area contributed by atoms with Gasteiger partial charge in [-0.25, -0.2) is 4.79 Å². The third-order valence-electron chi connectivity index (χ3n) is 13.6. The lowest BCUT2D eigenvalue weighted by molar-refractivity contribution is -0.188. The number of aliphatic hydroxyl groups is 5. The Morgan fingerprint density at radius 2 is 1.68 bits per heavy atom. The van der Waals surface area contributed by atoms with Gasteiger partial charge in [-0.3, -0.25) is 4.79 Å². The molecule has 0 aromatic heterocycles. The van der Waals surface area contributed by atoms with Gasteiger partial charge in [-0.15, -0.1) is 0 Å². The van der Waals surface area contributed by atoms with Crippen molar-refractivity contribution < 1.29 is 49.3 Å². The highest BCUT2D eigenvalue weighted by molar-refractivity contribution is 5.91. The molecule has 0 radical (unpaired) electrons. The fourth-order valence-corrected chi connectivity index (χ4v) is 11.5. The van der Waals surface area contributed by atoms with Gasteiger partial charge >= 0.3 is 11.9 Å². The SMILES string of the molecule is C=C1C(=O)O[C@H]2[C@H]1CC[C@@](C)(O)[C@]13C=C[C@](C)([C@@H]21)[C@]1(C3)C(=O)O[C@H]2[C@H]1C[C@@H](O)[C@@](C)(O)[C@]13O[C@H]1[C@@H](O)[C@@](C)(O)[C@H]23. The topological polar surface area (TPSA) is 166 Å². The molecule has 8 rings (SSSR count). The smallest absolute Gasteiger partial charge is 0.334 e. The number of allylic oxidation sites excluding steroid dienone is 1. The highest BCUT2D eigenvalue weighted by atomic mass is 16.7. The second kappa shape index (κ2) is 6.71. The Morgan fingerprint density at radius 1 is 0.975 bits per heavy atom. The van der Waals surface area contributed by atoms with Crippen LogP contribution in [-0.2, 0) is 23.8 Å². The zero-order valence-electron chi connectivity index (χ0n) is 23.2. The fraction of sp³-hybridized carbons (Fsp3) is 0.800. The van der Waals surface area contributed by atoms with E-state index in [1.165, 1.54) is 13.8 Å². The van der Waals surface area contributed by atoms with E-state index in [1.54, 1.807) is 6.92 Å². The number of carbonyl (C=O) groups is 2. The van der Waals surface area contributed by atoms with Crippen LogP contribution in [0.25, 0.3) is 0 Å². The summed E-state index contributed by atoms with van der Waals surface area (Å²) in [4.78, 5) is 27.2. The van der Waals surface area contributed by atoms with Crippen LogP contribution >= 0.6 is 0 Å². The maximum atomic E-state index is 14.4. The summed E-state index contributed by atoms with van der Waals surface area (Å²) in [6, 6.07) is 0. The van der Waals surface area contributed by atoms with E-state index >= 15 is 0 Å². The summed E-state index contributed by atoms with van der Waals surface area (Å²) in [7, 11) is 0. The first-order chi connectivity index (χ1) is 18.5. The highest BCUT2D eigenvalue weighted by Gasteiger charge is 2.91. The molecule has 16 atom stereocenters. The molecule has 0 unspecified atom stereocenters. The summed E-state index contributed by atoms with van der Waals surface area (Å²) in [5.74, 6) is -3.43. The van der Waals surface area contributed by atoms with Crippen LogP contribution in [-0.4, -0.2) is 90.4 Å². The van der Waals surface area contributed by atoms with Gasteiger partial charge in [0.15, 0.2) is 0 Å². The zero-order chi connectivity index (χ0) is 28.8. The molecule has 218 valence electrons. The Kier molecular flexibility index (Phi) is 4.34. The highest BCUT2D eigenvalue weighted by Crippen LogP contribution is 2.81. The number of hydrogen-bond acceptors (Lipinski definition) is 10. The number of rotatable bonds is 0. The number of ether oxygens (including phenoxy) is 3. The van der Waals surface area contributed by atoms with Gasteiger partial charge in [0.1, 0.15) is 35.6 Å². The van der Waals surface area contributed by atoms with E-state index < -0.39 is 98.9 Å². The van der Waals surface area contributed by atoms with E-state index in [1.807, 2.05) is 19.1 Å². The van der Waals surface area contributed by atoms with Crippen LogP contribution in [0, 0.1) is 39.9 Å². The van der Waals surface area contributed by atoms with Gasteiger partial charge in [-0.05, 0) is 46.5 Å². The van der Waals surface area contributed by atoms with Gasteiger partial charge in [0, 0.05) is 34.2 Å². The van der Waals surface area contributed by atoms with Crippen LogP contribution in [0.1, 0.15) is 53.4 Å². The van der Waals surface area contributed by atoms with Gasteiger partial charge in [-0.2, -0.15) is 0 Å². The maximum absolute atomic E-state index is 14.4. The summed E-state index contributed by atoms with van der Waals surface area (Å²) in [5, 5.41) is 58.0. The molecule has 2 spiro atoms. The normalized spacial score (nSPS) is 66.0. The van der Waals surface area contributed by atoms with Gasteiger partial charge in [0.05, 0.1) is 28.6 Å². The molecule has 8 aliphatic rings. The fourth-order valence-electron chi connectivity index (χ4n) is 11.5. The first-order valence-corrected chi connectivity index (χ1v) is 14.5. The van der Waals surface area contributed by atoms with E-state index in [2.05, 4.69) is 6.58 Å². The average molecular weight is 559 g/mol. The molecule has 0 aromatic carbocycles. The third kappa shape index (κ3) is 2.25. The molecule has 3 aliphatic heterocycles. The second-order valence-electron chi connectivity index (χ2n) is 15.0. The molecule has 2 bridgehead atoms. The quantitative estimate of drug-likeness (QED) is 0.119. The molecule has 4 saturated carbocycles. The molecule has 40 heavy (non-hydrogen) atoms. The predicted octanol–water partition coefficient (Wildman–Crippen LogP) is 0.134. The Hall–Kier alpha value is -1.82. The third-order valence-corrected chi connectivity index (χ3v) is 13.6. The summed E-state index contributed by atoms with van der Waals surface area (Å²) >= 11 is 0. The van der Waals surface area contributed by atoms with Crippen LogP contribution in [0.15, 0.2) is 24.3 Å². The molecule has 10 nitrogen and oxygen atoms in total. The monoisotopic (exact) mass is 558 g/mol. The Morgan fingerprint density at radius 3 is 2.38 bits per heavy atom. The predicted molar refractivity (Wildman–Crippen MR) is 135 cm³/mol. The lowest BCUT2D eigenvalue weighted by Crippen LogP contribution is -2.59. The standard InChI is InChI=1S/C30H38O10/c1-12-13-6-7-25(3,35)28-9-8-24(2,18(28)16(13)38-22(12)33)29(11-28)14-10-15(31)27(5,37)30-19(17(14)39-23(29)34)26(4,36)20(32)21(30)40-30/h8-9,13-21,31-32,35-37H,1,6-7,10-11H2,2-5H3/t13-,14+,15+,16-,17-,18+,19-,20+,21-,24+,25+,26-,27+,28-,29-,30+/m0/s1. The number of hydrogen-bond donors (Lipinski definition) is 5. The largest absolute Gasteiger partial charge is 0.461 e. The minimum absolute atomic E-state index is 0.0150. The number of aliphatic hydroxyl groups excluding tert-OH is 2. The van der Waals surface area contributed by atoms with E-state index in [0.717, 1.165) is 0 Å². The molecule has 10 heteroatoms. The number of fused-ring (bicyclic) bond motifs is 5. The Balaban J connectivity index is 1.33. The summed E-state index contributed by atoms with van der Waals surface area (Å²) in [6.07, 6.45) is -0.167. The van der Waals surface area contributed by atoms with Gasteiger partial charge in [-0.1, -0.05) is 25.7 Å². The van der Waals surface area contributed by atoms with Crippen LogP contribution < -0.4 is 0 Å². The number of carbonyl (C=O) groups excluding carboxylic acids is 2. The molecule has 7 fully saturated rings. The van der Waals surface area contributed by atoms with Crippen molar-refractivity contribution in [2.24, 2.45) is 39.9 Å². The second-order valence-corrected chi connectivity index (χ2v) is 15.0. The maximum Gasteiger partial charge on any atom is 0.334 e. The van der Waals surface area contributed by atoms with Crippen LogP contribution in [0.2, 0.25) is 0 Å². The van der Waals surface area contributed by atoms with Crippen molar-refractivity contribution in [1.29, 1.82) is 0 Å². The van der Waals surface area contributed by atoms with Crippen molar-refractivity contribution in [1.82, 2.24) is 0 Å². The molecule has 5 N–H and O–H groups in total. The van der Waals surface area contributed by atoms with Crippen LogP contribution in [0.4, 0.5) is 0 Å². The van der Waals surface area contributed by atoms with Crippen molar-refractivity contribution in [2.75, 3.05) is 0 Å². The van der Waals surface area contributed by atoms with Crippen LogP contribution in [0.3, 0.4) is 0 Å². The van der Waals surface area contributed by atoms with Gasteiger partial charge < -0.3 is 39.7 Å². The summed E-state index contributed by atoms with van der Waals surface area (Å²) in [5.41, 5.74) is -9.13. The van der Waals surface area contributed by atoms with Crippen molar-refractivity contribution in [2.45, 2.75) is 106 Å². The number of epoxide rings is 1. The molecule has 0 aromatic rings. The summed E-state index contributed by atoms with van der Waals surface area (Å²) in [6.45, 7) is 10.6. The lowest BCUT2D eigenvalue weighted by atomic mass is 9.54. The molecular weight excluding hydrogens is 520 g/mol. The molecule has 0 amide bonds. The Bertz CT molecular complexity index is 1320. The summed E-state index contributed by atoms with van der Waals surface area (Å²) < 4.78 is 18.1. The Labute approximate surface area is 232 Å². The first kappa shape index (κ1) is 25.9. The minimum Gasteiger partial charge on any atom is -0.461 e. The average Bonchev–Trinajstić information content (AvgIpc) is 3.21. The lowest BCUT2D eigenvalue weighted by Gasteiger charge is -2.45. The van der Waals surface area contributed by atoms with E-state index in [0.29, 0.717) is 18.4 Å². The van der Waals surface area contributed by atoms with Crippen molar-refractivity contribution in [3.8, 4) is 0 Å². The number of esters is 2. The zero-order valence-corrected chi connectivity index (χ0v) is 23.2. The molecule has 3 heterocycles. The first-order valence-electron chi connectivity index (χ1n) is 14.5. The van der Waals surface area contributed by atoms with Crippen molar-refractivity contribution in [3.63, 3.8) is 0 Å². The van der Waals surface area contributed by atoms with Gasteiger partial charge in [0.2, 0.25) is 0 Å². The van der Waals surface area contributed by atoms with Crippen molar-refractivity contribution in [3.05, 3.63) is 24.3 Å². The van der Waals surface area contributed by atoms with Crippen molar-refractivity contribution >= 4 is 11.9 Å². The van der Waals surface area contributed by atoms with Gasteiger partial charge in [0.25, 0.3) is 0 Å². The van der Waals surface area contributed by atoms with E-state index in [9.17, 15) is 35.1 Å². The minimum atomic E-state index is -1.84. The van der Waals surface area contributed by atoms with E-state index in [-0.39, 0.29) is 18.8 Å². The molecule has 3 saturated heterocycles. The van der Waals surface area contributed by atoms with E-state index in [4.69, 9.17) is 14.2 Å². The molecular formula is C30H38O10.